The van der Waals surface area contributed by atoms with Gasteiger partial charge >= 0.3 is 6.18 Å². The summed E-state index contributed by atoms with van der Waals surface area (Å²) < 4.78 is 37.6. The first-order valence-corrected chi connectivity index (χ1v) is 7.07. The standard InChI is InChI=1S/C15H21F3N2O/c1-3-5-10(6-4-2)14(21)20-13-8-7-11(9-12(13)19)15(16,17)18/h7-10H,3-6,19H2,1-2H3,(H,20,21). The van der Waals surface area contributed by atoms with Crippen LogP contribution in [0.25, 0.3) is 0 Å². The monoisotopic (exact) mass is 302 g/mol. The Hall–Kier alpha value is -1.72. The Balaban J connectivity index is 2.85. The van der Waals surface area contributed by atoms with E-state index >= 15 is 0 Å². The lowest BCUT2D eigenvalue weighted by Gasteiger charge is -2.17. The molecule has 118 valence electrons. The molecular weight excluding hydrogens is 281 g/mol. The number of hydrogen-bond acceptors (Lipinski definition) is 2. The first-order chi connectivity index (χ1) is 9.79. The highest BCUT2D eigenvalue weighted by Gasteiger charge is 2.31. The first-order valence-electron chi connectivity index (χ1n) is 7.07. The van der Waals surface area contributed by atoms with E-state index in [4.69, 9.17) is 5.73 Å². The average Bonchev–Trinajstić information content (AvgIpc) is 2.39. The summed E-state index contributed by atoms with van der Waals surface area (Å²) in [7, 11) is 0. The minimum absolute atomic E-state index is 0.0788. The minimum atomic E-state index is -4.44. The predicted molar refractivity (Wildman–Crippen MR) is 77.8 cm³/mol. The smallest absolute Gasteiger partial charge is 0.397 e. The molecule has 1 aromatic carbocycles. The maximum atomic E-state index is 12.5. The number of hydrogen-bond donors (Lipinski definition) is 2. The fourth-order valence-corrected chi connectivity index (χ4v) is 2.19. The number of nitrogen functional groups attached to an aromatic ring is 1. The van der Waals surface area contributed by atoms with E-state index in [1.54, 1.807) is 0 Å². The second kappa shape index (κ2) is 7.33. The van der Waals surface area contributed by atoms with Crippen LogP contribution in [0.5, 0.6) is 0 Å². The highest BCUT2D eigenvalue weighted by atomic mass is 19.4. The predicted octanol–water partition coefficient (Wildman–Crippen LogP) is 4.44. The molecule has 1 rings (SSSR count). The molecule has 0 heterocycles. The molecule has 0 spiro atoms. The zero-order chi connectivity index (χ0) is 16.0. The topological polar surface area (TPSA) is 55.1 Å². The van der Waals surface area contributed by atoms with Crippen LogP contribution in [0.4, 0.5) is 24.5 Å². The van der Waals surface area contributed by atoms with Crippen molar-refractivity contribution in [2.45, 2.75) is 45.7 Å². The van der Waals surface area contributed by atoms with Gasteiger partial charge in [0.25, 0.3) is 0 Å². The van der Waals surface area contributed by atoms with Crippen LogP contribution < -0.4 is 11.1 Å². The quantitative estimate of drug-likeness (QED) is 0.763. The third kappa shape index (κ3) is 4.95. The van der Waals surface area contributed by atoms with Crippen LogP contribution in [0.1, 0.15) is 45.1 Å². The van der Waals surface area contributed by atoms with E-state index in [0.717, 1.165) is 37.8 Å². The SMILES string of the molecule is CCCC(CCC)C(=O)Nc1ccc(C(F)(F)F)cc1N. The van der Waals surface area contributed by atoms with Crippen molar-refractivity contribution in [3.63, 3.8) is 0 Å². The van der Waals surface area contributed by atoms with E-state index in [1.807, 2.05) is 13.8 Å². The molecule has 0 aromatic heterocycles. The van der Waals surface area contributed by atoms with E-state index in [2.05, 4.69) is 5.32 Å². The zero-order valence-electron chi connectivity index (χ0n) is 12.3. The van der Waals surface area contributed by atoms with E-state index in [-0.39, 0.29) is 23.2 Å². The molecule has 1 amide bonds. The number of alkyl halides is 3. The van der Waals surface area contributed by atoms with Gasteiger partial charge in [-0.2, -0.15) is 13.2 Å². The first kappa shape index (κ1) is 17.3. The highest BCUT2D eigenvalue weighted by molar-refractivity contribution is 5.95. The van der Waals surface area contributed by atoms with Crippen molar-refractivity contribution in [1.82, 2.24) is 0 Å². The van der Waals surface area contributed by atoms with Gasteiger partial charge in [0, 0.05) is 5.92 Å². The Morgan fingerprint density at radius 2 is 1.81 bits per heavy atom. The van der Waals surface area contributed by atoms with E-state index in [1.165, 1.54) is 6.07 Å². The van der Waals surface area contributed by atoms with Gasteiger partial charge in [0.2, 0.25) is 5.91 Å². The molecule has 6 heteroatoms. The van der Waals surface area contributed by atoms with Gasteiger partial charge in [-0.25, -0.2) is 0 Å². The van der Waals surface area contributed by atoms with Gasteiger partial charge in [-0.3, -0.25) is 4.79 Å². The Labute approximate surface area is 122 Å². The molecule has 0 radical (unpaired) electrons. The number of nitrogens with one attached hydrogen (secondary N) is 1. The van der Waals surface area contributed by atoms with Crippen LogP contribution in [0, 0.1) is 5.92 Å². The maximum Gasteiger partial charge on any atom is 0.416 e. The van der Waals surface area contributed by atoms with Crippen molar-refractivity contribution in [2.24, 2.45) is 5.92 Å². The van der Waals surface area contributed by atoms with Gasteiger partial charge in [0.05, 0.1) is 16.9 Å². The summed E-state index contributed by atoms with van der Waals surface area (Å²) in [5.41, 5.74) is 4.93. The fraction of sp³-hybridized carbons (Fsp3) is 0.533. The lowest BCUT2D eigenvalue weighted by Crippen LogP contribution is -2.23. The molecule has 0 aliphatic rings. The number of amides is 1. The molecule has 3 nitrogen and oxygen atoms in total. The molecule has 21 heavy (non-hydrogen) atoms. The van der Waals surface area contributed by atoms with Gasteiger partial charge in [0.15, 0.2) is 0 Å². The molecular formula is C15H21F3N2O. The molecule has 0 aliphatic heterocycles. The van der Waals surface area contributed by atoms with Gasteiger partial charge < -0.3 is 11.1 Å². The van der Waals surface area contributed by atoms with Crippen LogP contribution in [0.3, 0.4) is 0 Å². The van der Waals surface area contributed by atoms with Crippen LogP contribution >= 0.6 is 0 Å². The Bertz CT molecular complexity index is 480. The second-order valence-electron chi connectivity index (χ2n) is 5.06. The van der Waals surface area contributed by atoms with Crippen molar-refractivity contribution in [3.8, 4) is 0 Å². The number of anilines is 2. The summed E-state index contributed by atoms with van der Waals surface area (Å²) in [5, 5.41) is 2.63. The van der Waals surface area contributed by atoms with E-state index in [0.29, 0.717) is 0 Å². The Kier molecular flexibility index (Phi) is 6.05. The summed E-state index contributed by atoms with van der Waals surface area (Å²) in [5.74, 6) is -0.327. The highest BCUT2D eigenvalue weighted by Crippen LogP contribution is 2.33. The number of rotatable bonds is 6. The summed E-state index contributed by atoms with van der Waals surface area (Å²) >= 11 is 0. The summed E-state index contributed by atoms with van der Waals surface area (Å²) in [6.07, 6.45) is -1.19. The molecule has 0 unspecified atom stereocenters. The van der Waals surface area contributed by atoms with Crippen molar-refractivity contribution >= 4 is 17.3 Å². The number of carbonyl (C=O) groups is 1. The minimum Gasteiger partial charge on any atom is -0.397 e. The van der Waals surface area contributed by atoms with Crippen molar-refractivity contribution < 1.29 is 18.0 Å². The molecule has 0 saturated carbocycles. The maximum absolute atomic E-state index is 12.5. The molecule has 1 aromatic rings. The molecule has 0 atom stereocenters. The third-order valence-electron chi connectivity index (χ3n) is 3.28. The van der Waals surface area contributed by atoms with Crippen molar-refractivity contribution in [2.75, 3.05) is 11.1 Å². The molecule has 0 fully saturated rings. The van der Waals surface area contributed by atoms with Gasteiger partial charge in [-0.15, -0.1) is 0 Å². The van der Waals surface area contributed by atoms with Crippen LogP contribution in [-0.2, 0) is 11.0 Å². The second-order valence-corrected chi connectivity index (χ2v) is 5.06. The lowest BCUT2D eigenvalue weighted by atomic mass is 9.97. The number of benzene rings is 1. The summed E-state index contributed by atoms with van der Waals surface area (Å²) in [6, 6.07) is 2.95. The van der Waals surface area contributed by atoms with Crippen LogP contribution in [-0.4, -0.2) is 5.91 Å². The number of halogens is 3. The average molecular weight is 302 g/mol. The van der Waals surface area contributed by atoms with Crippen LogP contribution in [0.2, 0.25) is 0 Å². The van der Waals surface area contributed by atoms with Crippen molar-refractivity contribution in [3.05, 3.63) is 23.8 Å². The van der Waals surface area contributed by atoms with E-state index < -0.39 is 11.7 Å². The van der Waals surface area contributed by atoms with E-state index in [9.17, 15) is 18.0 Å². The zero-order valence-corrected chi connectivity index (χ0v) is 12.3. The summed E-state index contributed by atoms with van der Waals surface area (Å²) in [4.78, 5) is 12.1. The largest absolute Gasteiger partial charge is 0.416 e. The summed E-state index contributed by atoms with van der Waals surface area (Å²) in [6.45, 7) is 3.98. The molecule has 0 bridgehead atoms. The Morgan fingerprint density at radius 1 is 1.24 bits per heavy atom. The number of nitrogens with two attached hydrogens (primary N) is 1. The van der Waals surface area contributed by atoms with Gasteiger partial charge in [-0.1, -0.05) is 26.7 Å². The lowest BCUT2D eigenvalue weighted by molar-refractivity contribution is -0.137. The molecule has 0 aliphatic carbocycles. The Morgan fingerprint density at radius 3 is 2.24 bits per heavy atom. The number of carbonyl (C=O) groups excluding carboxylic acids is 1. The fourth-order valence-electron chi connectivity index (χ4n) is 2.19. The third-order valence-corrected chi connectivity index (χ3v) is 3.28. The van der Waals surface area contributed by atoms with Crippen molar-refractivity contribution in [1.29, 1.82) is 0 Å². The van der Waals surface area contributed by atoms with Crippen LogP contribution in [0.15, 0.2) is 18.2 Å². The normalized spacial score (nSPS) is 11.7. The molecule has 3 N–H and O–H groups in total. The molecule has 0 saturated heterocycles. The van der Waals surface area contributed by atoms with Gasteiger partial charge in [0.1, 0.15) is 0 Å². The van der Waals surface area contributed by atoms with Gasteiger partial charge in [-0.05, 0) is 31.0 Å².